The SMILES string of the molecule is CCN(CCNC(=O)c1ccc(O)c(O)c1F)CC1=C(C(=O)O)N2C(=O)[C@H]([C@@H](C)O)[C@H]2[C@H]1C. The number of β-lactam (4-membered cyclic amide) rings is 1. The standard InChI is InChI=1S/C22H28FN3O7/c1-4-25(8-7-24-20(30)12-5-6-14(28)19(29)16(12)23)9-13-10(2)17-15(11(3)27)21(31)26(17)18(13)22(32)33/h5-6,10-11,15,17,27-29H,4,7-9H2,1-3H3,(H,24,30)(H,32,33)/t10-,11+,15+,17+/m0/s1. The minimum absolute atomic E-state index is 0.0569. The molecule has 0 unspecified atom stereocenters. The van der Waals surface area contributed by atoms with Gasteiger partial charge >= 0.3 is 5.97 Å². The van der Waals surface area contributed by atoms with E-state index in [2.05, 4.69) is 5.32 Å². The molecule has 2 aliphatic rings. The van der Waals surface area contributed by atoms with E-state index in [1.807, 2.05) is 18.7 Å². The molecule has 4 atom stereocenters. The Bertz CT molecular complexity index is 1010. The summed E-state index contributed by atoms with van der Waals surface area (Å²) in [7, 11) is 0. The summed E-state index contributed by atoms with van der Waals surface area (Å²) in [5.41, 5.74) is 0.103. The van der Waals surface area contributed by atoms with Crippen molar-refractivity contribution in [1.82, 2.24) is 15.1 Å². The number of benzene rings is 1. The molecule has 0 aromatic heterocycles. The van der Waals surface area contributed by atoms with Crippen LogP contribution < -0.4 is 5.32 Å². The number of hydrogen-bond acceptors (Lipinski definition) is 7. The first-order chi connectivity index (χ1) is 15.5. The molecule has 0 bridgehead atoms. The summed E-state index contributed by atoms with van der Waals surface area (Å²) in [5.74, 6) is -6.17. The highest BCUT2D eigenvalue weighted by atomic mass is 19.1. The number of likely N-dealkylation sites (N-methyl/N-ethyl adjacent to an activating group) is 1. The van der Waals surface area contributed by atoms with Crippen LogP contribution in [0.4, 0.5) is 4.39 Å². The maximum Gasteiger partial charge on any atom is 0.352 e. The summed E-state index contributed by atoms with van der Waals surface area (Å²) in [6.07, 6.45) is -0.882. The molecule has 10 nitrogen and oxygen atoms in total. The summed E-state index contributed by atoms with van der Waals surface area (Å²) in [6, 6.07) is 1.67. The molecule has 33 heavy (non-hydrogen) atoms. The molecule has 3 rings (SSSR count). The van der Waals surface area contributed by atoms with E-state index in [0.717, 1.165) is 12.1 Å². The van der Waals surface area contributed by atoms with Gasteiger partial charge in [0.15, 0.2) is 17.3 Å². The Balaban J connectivity index is 1.67. The van der Waals surface area contributed by atoms with E-state index < -0.39 is 58.7 Å². The van der Waals surface area contributed by atoms with E-state index >= 15 is 0 Å². The number of aromatic hydroxyl groups is 2. The van der Waals surface area contributed by atoms with Crippen molar-refractivity contribution in [3.63, 3.8) is 0 Å². The predicted octanol–water partition coefficient (Wildman–Crippen LogP) is 0.485. The Hall–Kier alpha value is -3.18. The molecule has 1 aromatic rings. The Morgan fingerprint density at radius 3 is 2.55 bits per heavy atom. The molecule has 0 spiro atoms. The van der Waals surface area contributed by atoms with Crippen LogP contribution in [0.2, 0.25) is 0 Å². The molecule has 0 saturated carbocycles. The lowest BCUT2D eigenvalue weighted by Gasteiger charge is -2.46. The highest BCUT2D eigenvalue weighted by Gasteiger charge is 2.59. The number of carbonyl (C=O) groups is 3. The third-order valence-electron chi connectivity index (χ3n) is 6.41. The lowest BCUT2D eigenvalue weighted by atomic mass is 9.77. The van der Waals surface area contributed by atoms with Crippen LogP contribution in [-0.4, -0.2) is 86.3 Å². The van der Waals surface area contributed by atoms with Gasteiger partial charge in [0.2, 0.25) is 5.91 Å². The summed E-state index contributed by atoms with van der Waals surface area (Å²) >= 11 is 0. The number of carboxylic acid groups (broad SMARTS) is 1. The molecule has 0 aliphatic carbocycles. The first kappa shape index (κ1) is 24.5. The van der Waals surface area contributed by atoms with Crippen LogP contribution >= 0.6 is 0 Å². The van der Waals surface area contributed by atoms with Gasteiger partial charge in [-0.2, -0.15) is 0 Å². The van der Waals surface area contributed by atoms with E-state index in [-0.39, 0.29) is 24.7 Å². The molecule has 11 heteroatoms. The second-order valence-electron chi connectivity index (χ2n) is 8.35. The normalized spacial score (nSPS) is 22.9. The smallest absolute Gasteiger partial charge is 0.352 e. The maximum absolute atomic E-state index is 14.0. The highest BCUT2D eigenvalue weighted by Crippen LogP contribution is 2.47. The predicted molar refractivity (Wildman–Crippen MR) is 114 cm³/mol. The van der Waals surface area contributed by atoms with Crippen LogP contribution in [-0.2, 0) is 9.59 Å². The molecule has 5 N–H and O–H groups in total. The van der Waals surface area contributed by atoms with E-state index in [9.17, 15) is 39.2 Å². The van der Waals surface area contributed by atoms with Crippen molar-refractivity contribution in [2.45, 2.75) is 32.9 Å². The van der Waals surface area contributed by atoms with Gasteiger partial charge in [0.1, 0.15) is 5.70 Å². The third kappa shape index (κ3) is 4.25. The van der Waals surface area contributed by atoms with Crippen molar-refractivity contribution in [3.8, 4) is 11.5 Å². The van der Waals surface area contributed by atoms with Crippen molar-refractivity contribution in [3.05, 3.63) is 34.8 Å². The minimum Gasteiger partial charge on any atom is -0.504 e. The average Bonchev–Trinajstić information content (AvgIpc) is 2.99. The van der Waals surface area contributed by atoms with Crippen LogP contribution in [0.25, 0.3) is 0 Å². The molecule has 0 radical (unpaired) electrons. The fourth-order valence-electron chi connectivity index (χ4n) is 4.60. The third-order valence-corrected chi connectivity index (χ3v) is 6.41. The number of halogens is 1. The van der Waals surface area contributed by atoms with Gasteiger partial charge in [0.05, 0.1) is 23.6 Å². The van der Waals surface area contributed by atoms with Crippen LogP contribution in [0.15, 0.2) is 23.4 Å². The number of fused-ring (bicyclic) bond motifs is 1. The van der Waals surface area contributed by atoms with E-state index in [1.54, 1.807) is 0 Å². The number of amides is 2. The van der Waals surface area contributed by atoms with Crippen LogP contribution in [0.1, 0.15) is 31.1 Å². The van der Waals surface area contributed by atoms with Gasteiger partial charge in [-0.05, 0) is 31.2 Å². The highest BCUT2D eigenvalue weighted by molar-refractivity contribution is 6.00. The zero-order chi connectivity index (χ0) is 24.6. The van der Waals surface area contributed by atoms with Gasteiger partial charge in [-0.15, -0.1) is 0 Å². The van der Waals surface area contributed by atoms with Gasteiger partial charge in [0.25, 0.3) is 5.91 Å². The summed E-state index contributed by atoms with van der Waals surface area (Å²) in [5, 5.41) is 41.0. The number of phenols is 2. The number of aliphatic hydroxyl groups excluding tert-OH is 1. The summed E-state index contributed by atoms with van der Waals surface area (Å²) < 4.78 is 14.0. The van der Waals surface area contributed by atoms with Crippen LogP contribution in [0.3, 0.4) is 0 Å². The van der Waals surface area contributed by atoms with Crippen LogP contribution in [0, 0.1) is 17.7 Å². The minimum atomic E-state index is -1.22. The van der Waals surface area contributed by atoms with E-state index in [1.165, 1.54) is 11.8 Å². The van der Waals surface area contributed by atoms with Gasteiger partial charge in [-0.1, -0.05) is 13.8 Å². The Labute approximate surface area is 189 Å². The first-order valence-electron chi connectivity index (χ1n) is 10.7. The number of rotatable bonds is 9. The zero-order valence-electron chi connectivity index (χ0n) is 18.6. The monoisotopic (exact) mass is 465 g/mol. The second kappa shape index (κ2) is 9.36. The number of carbonyl (C=O) groups excluding carboxylic acids is 2. The van der Waals surface area contributed by atoms with Crippen molar-refractivity contribution < 1.29 is 39.2 Å². The number of hydrogen-bond donors (Lipinski definition) is 5. The molecular weight excluding hydrogens is 437 g/mol. The lowest BCUT2D eigenvalue weighted by Crippen LogP contribution is -2.63. The molecule has 2 amide bonds. The van der Waals surface area contributed by atoms with Crippen molar-refractivity contribution in [2.24, 2.45) is 11.8 Å². The molecule has 1 aromatic carbocycles. The first-order valence-corrected chi connectivity index (χ1v) is 10.7. The number of aliphatic hydroxyl groups is 1. The number of nitrogens with one attached hydrogen (secondary N) is 1. The number of aliphatic carboxylic acids is 1. The Morgan fingerprint density at radius 2 is 1.97 bits per heavy atom. The topological polar surface area (TPSA) is 151 Å². The Morgan fingerprint density at radius 1 is 1.30 bits per heavy atom. The average molecular weight is 465 g/mol. The summed E-state index contributed by atoms with van der Waals surface area (Å²) in [6.45, 7) is 6.40. The molecule has 180 valence electrons. The van der Waals surface area contributed by atoms with Gasteiger partial charge in [-0.3, -0.25) is 14.5 Å². The lowest BCUT2D eigenvalue weighted by molar-refractivity contribution is -0.163. The van der Waals surface area contributed by atoms with Gasteiger partial charge in [-0.25, -0.2) is 9.18 Å². The second-order valence-corrected chi connectivity index (χ2v) is 8.35. The van der Waals surface area contributed by atoms with Crippen LogP contribution in [0.5, 0.6) is 11.5 Å². The van der Waals surface area contributed by atoms with E-state index in [0.29, 0.717) is 18.7 Å². The number of phenolic OH excluding ortho intramolecular Hbond substituents is 2. The molecule has 2 heterocycles. The van der Waals surface area contributed by atoms with E-state index in [4.69, 9.17) is 0 Å². The van der Waals surface area contributed by atoms with Gasteiger partial charge < -0.3 is 30.6 Å². The number of nitrogens with zero attached hydrogens (tertiary/aromatic N) is 2. The maximum atomic E-state index is 14.0. The van der Waals surface area contributed by atoms with Crippen molar-refractivity contribution in [1.29, 1.82) is 0 Å². The summed E-state index contributed by atoms with van der Waals surface area (Å²) in [4.78, 5) is 39.8. The fraction of sp³-hybridized carbons (Fsp3) is 0.500. The molecule has 1 saturated heterocycles. The largest absolute Gasteiger partial charge is 0.504 e. The molecule has 1 fully saturated rings. The Kier molecular flexibility index (Phi) is 6.94. The quantitative estimate of drug-likeness (QED) is 0.261. The molecular formula is C22H28FN3O7. The van der Waals surface area contributed by atoms with Gasteiger partial charge in [0, 0.05) is 25.6 Å². The zero-order valence-corrected chi connectivity index (χ0v) is 18.6. The fourth-order valence-corrected chi connectivity index (χ4v) is 4.60. The molecule has 2 aliphatic heterocycles. The number of carboxylic acids is 1. The van der Waals surface area contributed by atoms with Crippen molar-refractivity contribution >= 4 is 17.8 Å². The van der Waals surface area contributed by atoms with Crippen molar-refractivity contribution in [2.75, 3.05) is 26.2 Å².